The largest absolute Gasteiger partial charge is 0.499 e. The van der Waals surface area contributed by atoms with E-state index < -0.39 is 0 Å². The molecule has 1 aliphatic heterocycles. The molecular weight excluding hydrogens is 224 g/mol. The zero-order valence-corrected chi connectivity index (χ0v) is 11.6. The highest BCUT2D eigenvalue weighted by molar-refractivity contribution is 5.01. The van der Waals surface area contributed by atoms with Crippen molar-refractivity contribution in [3.05, 3.63) is 12.8 Å². The lowest BCUT2D eigenvalue weighted by molar-refractivity contribution is 0.0692. The van der Waals surface area contributed by atoms with Crippen LogP contribution >= 0.6 is 0 Å². The molecule has 3 atom stereocenters. The van der Waals surface area contributed by atoms with Gasteiger partial charge >= 0.3 is 0 Å². The minimum Gasteiger partial charge on any atom is -0.499 e. The summed E-state index contributed by atoms with van der Waals surface area (Å²) in [5.74, 6) is 1.89. The zero-order chi connectivity index (χ0) is 12.6. The van der Waals surface area contributed by atoms with E-state index in [0.717, 1.165) is 11.8 Å². The van der Waals surface area contributed by atoms with E-state index in [9.17, 15) is 0 Å². The van der Waals surface area contributed by atoms with Gasteiger partial charge in [-0.25, -0.2) is 0 Å². The second-order valence-electron chi connectivity index (χ2n) is 6.63. The molecule has 1 saturated heterocycles. The third kappa shape index (κ3) is 2.45. The maximum Gasteiger partial charge on any atom is 0.0978 e. The Morgan fingerprint density at radius 2 is 1.72 bits per heavy atom. The molecule has 2 saturated carbocycles. The van der Waals surface area contributed by atoms with Crippen molar-refractivity contribution in [2.45, 2.75) is 76.1 Å². The first-order valence-electron chi connectivity index (χ1n) is 7.65. The molecule has 2 nitrogen and oxygen atoms in total. The Balaban J connectivity index is 1.49. The number of rotatable bonds is 3. The Kier molecular flexibility index (Phi) is 3.40. The lowest BCUT2D eigenvalue weighted by Crippen LogP contribution is -2.25. The fourth-order valence-corrected chi connectivity index (χ4v) is 4.16. The maximum absolute atomic E-state index is 5.80. The van der Waals surface area contributed by atoms with Crippen LogP contribution in [0.4, 0.5) is 0 Å². The van der Waals surface area contributed by atoms with Crippen molar-refractivity contribution in [3.8, 4) is 0 Å². The summed E-state index contributed by atoms with van der Waals surface area (Å²) in [6, 6.07) is 0. The van der Waals surface area contributed by atoms with Crippen LogP contribution < -0.4 is 0 Å². The summed E-state index contributed by atoms with van der Waals surface area (Å²) in [6.45, 7) is 5.96. The van der Waals surface area contributed by atoms with Gasteiger partial charge in [0, 0.05) is 0 Å². The van der Waals surface area contributed by atoms with E-state index in [1.165, 1.54) is 51.4 Å². The number of fused-ring (bicyclic) bond motifs is 1. The van der Waals surface area contributed by atoms with Gasteiger partial charge in [0.1, 0.15) is 0 Å². The average molecular weight is 250 g/mol. The predicted molar refractivity (Wildman–Crippen MR) is 72.3 cm³/mol. The van der Waals surface area contributed by atoms with E-state index in [-0.39, 0.29) is 5.60 Å². The summed E-state index contributed by atoms with van der Waals surface area (Å²) in [7, 11) is 0. The van der Waals surface area contributed by atoms with Gasteiger partial charge in [-0.1, -0.05) is 6.58 Å². The fourth-order valence-electron chi connectivity index (χ4n) is 4.16. The minimum atomic E-state index is 0.262. The topological polar surface area (TPSA) is 21.8 Å². The van der Waals surface area contributed by atoms with Crippen LogP contribution in [0, 0.1) is 11.8 Å². The Bertz CT molecular complexity index is 306. The van der Waals surface area contributed by atoms with Crippen LogP contribution in [-0.4, -0.2) is 17.8 Å². The van der Waals surface area contributed by atoms with Crippen molar-refractivity contribution in [1.29, 1.82) is 0 Å². The highest BCUT2D eigenvalue weighted by Crippen LogP contribution is 2.49. The van der Waals surface area contributed by atoms with E-state index in [0.29, 0.717) is 12.2 Å². The van der Waals surface area contributed by atoms with Crippen LogP contribution in [0.5, 0.6) is 0 Å². The van der Waals surface area contributed by atoms with Gasteiger partial charge in [-0.2, -0.15) is 0 Å². The lowest BCUT2D eigenvalue weighted by atomic mass is 9.76. The highest BCUT2D eigenvalue weighted by Gasteiger charge is 2.53. The molecule has 0 spiro atoms. The Hall–Kier alpha value is -0.500. The minimum absolute atomic E-state index is 0.262. The number of hydrogen-bond acceptors (Lipinski definition) is 2. The van der Waals surface area contributed by atoms with Crippen LogP contribution in [0.3, 0.4) is 0 Å². The van der Waals surface area contributed by atoms with Crippen molar-refractivity contribution < 1.29 is 9.47 Å². The quantitative estimate of drug-likeness (QED) is 0.556. The van der Waals surface area contributed by atoms with Crippen LogP contribution in [0.1, 0.15) is 58.3 Å². The van der Waals surface area contributed by atoms with Gasteiger partial charge < -0.3 is 9.47 Å². The molecule has 102 valence electrons. The molecule has 3 unspecified atom stereocenters. The van der Waals surface area contributed by atoms with Gasteiger partial charge in [-0.3, -0.25) is 0 Å². The smallest absolute Gasteiger partial charge is 0.0978 e. The Morgan fingerprint density at radius 3 is 2.44 bits per heavy atom. The average Bonchev–Trinajstić information content (AvgIpc) is 3.04. The van der Waals surface area contributed by atoms with Crippen molar-refractivity contribution in [1.82, 2.24) is 0 Å². The lowest BCUT2D eigenvalue weighted by Gasteiger charge is -2.33. The molecule has 0 aromatic carbocycles. The van der Waals surface area contributed by atoms with E-state index >= 15 is 0 Å². The normalized spacial score (nSPS) is 47.8. The molecule has 2 heteroatoms. The van der Waals surface area contributed by atoms with Crippen LogP contribution in [-0.2, 0) is 9.47 Å². The van der Waals surface area contributed by atoms with Crippen molar-refractivity contribution >= 4 is 0 Å². The molecule has 3 aliphatic rings. The summed E-state index contributed by atoms with van der Waals surface area (Å²) in [5.41, 5.74) is 0.262. The molecule has 0 aromatic heterocycles. The first-order valence-corrected chi connectivity index (χ1v) is 7.65. The van der Waals surface area contributed by atoms with Crippen molar-refractivity contribution in [3.63, 3.8) is 0 Å². The number of epoxide rings is 1. The van der Waals surface area contributed by atoms with Gasteiger partial charge in [0.25, 0.3) is 0 Å². The molecule has 0 radical (unpaired) electrons. The second-order valence-corrected chi connectivity index (χ2v) is 6.63. The van der Waals surface area contributed by atoms with E-state index in [4.69, 9.17) is 9.47 Å². The summed E-state index contributed by atoms with van der Waals surface area (Å²) < 4.78 is 11.3. The molecule has 3 rings (SSSR count). The molecule has 0 N–H and O–H groups in total. The molecule has 18 heavy (non-hydrogen) atoms. The third-order valence-corrected chi connectivity index (χ3v) is 5.52. The summed E-state index contributed by atoms with van der Waals surface area (Å²) in [4.78, 5) is 0. The monoisotopic (exact) mass is 250 g/mol. The van der Waals surface area contributed by atoms with E-state index in [1.54, 1.807) is 6.26 Å². The highest BCUT2D eigenvalue weighted by atomic mass is 16.6. The van der Waals surface area contributed by atoms with Crippen molar-refractivity contribution in [2.75, 3.05) is 0 Å². The molecule has 0 amide bonds. The summed E-state index contributed by atoms with van der Waals surface area (Å²) in [5, 5.41) is 0. The molecule has 1 heterocycles. The van der Waals surface area contributed by atoms with Gasteiger partial charge in [0.2, 0.25) is 0 Å². The van der Waals surface area contributed by atoms with E-state index in [1.807, 2.05) is 0 Å². The summed E-state index contributed by atoms with van der Waals surface area (Å²) in [6.07, 6.45) is 13.1. The zero-order valence-electron chi connectivity index (χ0n) is 11.6. The molecular formula is C16H26O2. The molecule has 0 bridgehead atoms. The molecule has 3 fully saturated rings. The second kappa shape index (κ2) is 4.88. The van der Waals surface area contributed by atoms with Gasteiger partial charge in [0.15, 0.2) is 0 Å². The number of hydrogen-bond donors (Lipinski definition) is 0. The first kappa shape index (κ1) is 12.5. The third-order valence-electron chi connectivity index (χ3n) is 5.52. The predicted octanol–water partition coefficient (Wildman–Crippen LogP) is 4.05. The van der Waals surface area contributed by atoms with Crippen molar-refractivity contribution in [2.24, 2.45) is 11.8 Å². The molecule has 2 aliphatic carbocycles. The Labute approximate surface area is 111 Å². The SMILES string of the molecule is C=COC1CCC(C2CCC3OC3(C)CC2)CC1. The maximum atomic E-state index is 5.80. The molecule has 0 aromatic rings. The van der Waals surface area contributed by atoms with Crippen LogP contribution in [0.25, 0.3) is 0 Å². The van der Waals surface area contributed by atoms with Crippen LogP contribution in [0.15, 0.2) is 12.8 Å². The standard InChI is InChI=1S/C16H26O2/c1-3-17-14-7-4-12(5-8-14)13-6-9-15-16(2,18-15)11-10-13/h3,12-15H,1,4-11H2,2H3. The number of ether oxygens (including phenoxy) is 2. The van der Waals surface area contributed by atoms with Crippen LogP contribution in [0.2, 0.25) is 0 Å². The summed E-state index contributed by atoms with van der Waals surface area (Å²) >= 11 is 0. The van der Waals surface area contributed by atoms with E-state index in [2.05, 4.69) is 13.5 Å². The van der Waals surface area contributed by atoms with Gasteiger partial charge in [0.05, 0.1) is 24.1 Å². The first-order chi connectivity index (χ1) is 8.71. The Morgan fingerprint density at radius 1 is 1.06 bits per heavy atom. The fraction of sp³-hybridized carbons (Fsp3) is 0.875. The van der Waals surface area contributed by atoms with Gasteiger partial charge in [-0.05, 0) is 70.1 Å². The van der Waals surface area contributed by atoms with Gasteiger partial charge in [-0.15, -0.1) is 0 Å².